The van der Waals surface area contributed by atoms with Gasteiger partial charge in [-0.15, -0.1) is 0 Å². The smallest absolute Gasteiger partial charge is 0.164 e. The normalized spacial score (nSPS) is 12.2. The van der Waals surface area contributed by atoms with Crippen molar-refractivity contribution >= 4 is 132 Å². The van der Waals surface area contributed by atoms with E-state index in [0.717, 1.165) is 115 Å². The summed E-state index contributed by atoms with van der Waals surface area (Å²) < 4.78 is 21.5. The number of rotatable bonds is 6. The second-order valence-electron chi connectivity index (χ2n) is 31.8. The van der Waals surface area contributed by atoms with Crippen LogP contribution < -0.4 is 14.2 Å². The highest BCUT2D eigenvalue weighted by Gasteiger charge is 2.29. The van der Waals surface area contributed by atoms with Crippen LogP contribution in [0.3, 0.4) is 0 Å². The van der Waals surface area contributed by atoms with E-state index in [1.54, 1.807) is 0 Å². The third-order valence-corrected chi connectivity index (χ3v) is 24.1. The number of hydrogen-bond acceptors (Lipinski definition) is 21. The Morgan fingerprint density at radius 2 is 0.264 bits per heavy atom. The number of aromatic amines is 6. The SMILES string of the molecule is c1ccc2c(c1)-c1nc-2nc2[nH]c(nc3nc(nc4[nH]c(n1)c1ccccc41)-c1ccccc1-3)c1cc(Oc3cc(Oc4ccc5c6nc7nc(nc8[nH]c(nc9nc(nc([nH]6)c5c4)-c4ccccc4-9)c4ccccc84)-c4ccccc4-7)cc(Oc4ccc5c6nc7nc(nc8[nH]c(nc9nc(nc([nH]6)c5c4)-c4ccccc4-9)c4ccccc84)-c4ccccc4-7)c3)ccc21. The van der Waals surface area contributed by atoms with Crippen LogP contribution in [-0.2, 0) is 0 Å². The lowest BCUT2D eigenvalue weighted by Gasteiger charge is -2.13. The quantitative estimate of drug-likeness (QED) is 0.0900. The molecule has 0 fully saturated rings. The summed E-state index contributed by atoms with van der Waals surface area (Å²) in [6.45, 7) is 0. The van der Waals surface area contributed by atoms with Gasteiger partial charge in [-0.1, -0.05) is 218 Å². The van der Waals surface area contributed by atoms with E-state index in [4.69, 9.17) is 104 Å². The molecule has 6 N–H and O–H groups in total. The highest BCUT2D eigenvalue weighted by Crippen LogP contribution is 2.46. The molecule has 600 valence electrons. The summed E-state index contributed by atoms with van der Waals surface area (Å²) in [4.78, 5) is 116. The van der Waals surface area contributed by atoms with Crippen molar-refractivity contribution in [2.24, 2.45) is 0 Å². The molecule has 0 spiro atoms. The van der Waals surface area contributed by atoms with E-state index < -0.39 is 0 Å². The maximum Gasteiger partial charge on any atom is 0.164 e. The lowest BCUT2D eigenvalue weighted by atomic mass is 10.1. The van der Waals surface area contributed by atoms with Crippen LogP contribution in [0.4, 0.5) is 0 Å². The van der Waals surface area contributed by atoms with Crippen LogP contribution in [0.2, 0.25) is 0 Å². The van der Waals surface area contributed by atoms with Crippen LogP contribution in [0.5, 0.6) is 34.5 Å². The first kappa shape index (κ1) is 69.9. The Morgan fingerprint density at radius 3 is 0.426 bits per heavy atom. The van der Waals surface area contributed by atoms with Gasteiger partial charge in [-0.2, -0.15) is 0 Å². The Kier molecular flexibility index (Phi) is 14.6. The lowest BCUT2D eigenvalue weighted by Crippen LogP contribution is -1.91. The zero-order valence-corrected chi connectivity index (χ0v) is 67.0. The van der Waals surface area contributed by atoms with E-state index in [1.807, 2.05) is 291 Å². The lowest BCUT2D eigenvalue weighted by molar-refractivity contribution is 0.440. The highest BCUT2D eigenvalue weighted by molar-refractivity contribution is 6.11. The van der Waals surface area contributed by atoms with Gasteiger partial charge >= 0.3 is 0 Å². The fourth-order valence-electron chi connectivity index (χ4n) is 18.2. The molecule has 9 aromatic heterocycles. The van der Waals surface area contributed by atoms with Crippen molar-refractivity contribution in [3.8, 4) is 171 Å². The van der Waals surface area contributed by atoms with E-state index >= 15 is 0 Å². The van der Waals surface area contributed by atoms with Crippen LogP contribution in [0, 0.1) is 0 Å². The number of nitrogens with one attached hydrogen (secondary N) is 6. The van der Waals surface area contributed by atoms with Crippen LogP contribution in [0.25, 0.3) is 269 Å². The van der Waals surface area contributed by atoms with Gasteiger partial charge in [0, 0.05) is 150 Å². The average molecular weight is 1660 g/mol. The van der Waals surface area contributed by atoms with Crippen molar-refractivity contribution in [3.05, 3.63) is 291 Å². The standard InChI is InChI=1S/C102H54N24O3/c1-4-22-58-55(19-1)79-103-82(58)109-88-67-31-13-16-34-70(67)94(115-88)121-100-76-46-49(37-40-73(76)97(124-100)118-91-64-28-10-7-25-61(64)85(106-79)112-91)127-52-43-53(128-50-38-41-74-77(47-50)101-122-95-71-35-17-14-32-68(71)89(116-95)110-83-59-23-5-2-20-56(59)80(104-83)107-86-62-26-8-11-29-65(62)92(113-86)119-98(74)125-101)45-54(44-52)129-51-39-42-75-78(48-51)102-123-96-72-36-18-15-33-69(72)90(117-96)111-84-60-24-6-3-21-57(60)81(105-84)108-87-63-27-9-12-30-66(63)93(114-87)120-99(75)126-102/h1-48H,(H2,103,106,109,112,115,118,121,124)(H2,104,107,110,113,116,119,122,125)(H2,105,108,111,114,117,120,123,126). The second kappa shape index (κ2) is 26.9. The number of hydrogen-bond donors (Lipinski definition) is 6. The zero-order chi connectivity index (χ0) is 84.2. The van der Waals surface area contributed by atoms with Crippen molar-refractivity contribution in [2.45, 2.75) is 0 Å². The molecule has 13 aromatic carbocycles. The third kappa shape index (κ3) is 11.2. The number of nitrogens with zero attached hydrogens (tertiary/aromatic N) is 18. The molecule has 27 heteroatoms. The van der Waals surface area contributed by atoms with E-state index in [9.17, 15) is 0 Å². The average Bonchev–Trinajstić information content (AvgIpc) is 1.60. The Labute approximate surface area is 724 Å². The van der Waals surface area contributed by atoms with Crippen molar-refractivity contribution in [2.75, 3.05) is 0 Å². The number of H-pyrrole nitrogens is 6. The van der Waals surface area contributed by atoms with Gasteiger partial charge in [0.05, 0.1) is 0 Å². The van der Waals surface area contributed by atoms with Gasteiger partial charge in [-0.25, -0.2) is 89.7 Å². The fourth-order valence-corrected chi connectivity index (χ4v) is 18.2. The molecule has 27 nitrogen and oxygen atoms in total. The monoisotopic (exact) mass is 1660 g/mol. The van der Waals surface area contributed by atoms with Crippen molar-refractivity contribution in [1.29, 1.82) is 0 Å². The molecular weight excluding hydrogens is 1610 g/mol. The molecule has 6 aliphatic heterocycles. The molecule has 22 aromatic rings. The van der Waals surface area contributed by atoms with E-state index in [-0.39, 0.29) is 0 Å². The zero-order valence-electron chi connectivity index (χ0n) is 67.0. The molecule has 0 radical (unpaired) electrons. The van der Waals surface area contributed by atoms with Gasteiger partial charge in [0.1, 0.15) is 102 Å². The molecule has 28 rings (SSSR count). The number of benzene rings is 13. The highest BCUT2D eigenvalue weighted by atomic mass is 16.5. The summed E-state index contributed by atoms with van der Waals surface area (Å²) in [5.41, 5.74) is 16.2. The van der Waals surface area contributed by atoms with E-state index in [1.165, 1.54) is 0 Å². The predicted molar refractivity (Wildman–Crippen MR) is 495 cm³/mol. The summed E-state index contributed by atoms with van der Waals surface area (Å²) in [7, 11) is 0. The first-order valence-electron chi connectivity index (χ1n) is 41.7. The van der Waals surface area contributed by atoms with E-state index in [0.29, 0.717) is 188 Å². The molecule has 0 aliphatic carbocycles. The van der Waals surface area contributed by atoms with Crippen molar-refractivity contribution < 1.29 is 14.2 Å². The molecule has 15 heterocycles. The Hall–Kier alpha value is -18.7. The Balaban J connectivity index is 0.629. The van der Waals surface area contributed by atoms with Gasteiger partial charge in [-0.3, -0.25) is 0 Å². The summed E-state index contributed by atoms with van der Waals surface area (Å²) in [6.07, 6.45) is 0. The summed E-state index contributed by atoms with van der Waals surface area (Å²) >= 11 is 0. The minimum atomic E-state index is 0.343. The molecule has 0 amide bonds. The van der Waals surface area contributed by atoms with Gasteiger partial charge in [0.25, 0.3) is 0 Å². The maximum absolute atomic E-state index is 7.17. The van der Waals surface area contributed by atoms with Gasteiger partial charge in [-0.05, 0) is 54.6 Å². The molecule has 0 atom stereocenters. The molecule has 24 bridgehead atoms. The largest absolute Gasteiger partial charge is 0.457 e. The second-order valence-corrected chi connectivity index (χ2v) is 31.8. The van der Waals surface area contributed by atoms with Crippen molar-refractivity contribution in [1.82, 2.24) is 120 Å². The Morgan fingerprint density at radius 1 is 0.124 bits per heavy atom. The molecule has 129 heavy (non-hydrogen) atoms. The van der Waals surface area contributed by atoms with Crippen LogP contribution >= 0.6 is 0 Å². The topological polar surface area (TPSA) is 354 Å². The van der Waals surface area contributed by atoms with Gasteiger partial charge in [0.15, 0.2) is 69.9 Å². The first-order chi connectivity index (χ1) is 63.7. The van der Waals surface area contributed by atoms with Crippen LogP contribution in [-0.4, -0.2) is 120 Å². The van der Waals surface area contributed by atoms with Gasteiger partial charge in [0.2, 0.25) is 0 Å². The molecule has 6 aliphatic rings. The predicted octanol–water partition coefficient (Wildman–Crippen LogP) is 22.6. The number of ether oxygens (including phenoxy) is 3. The third-order valence-electron chi connectivity index (χ3n) is 24.1. The fraction of sp³-hybridized carbons (Fsp3) is 0. The number of aromatic nitrogens is 24. The number of fused-ring (bicyclic) bond motifs is 60. The minimum absolute atomic E-state index is 0.343. The van der Waals surface area contributed by atoms with Crippen LogP contribution in [0.1, 0.15) is 0 Å². The summed E-state index contributed by atoms with van der Waals surface area (Å²) in [6, 6.07) is 94.6. The summed E-state index contributed by atoms with van der Waals surface area (Å²) in [5, 5.41) is 9.46. The minimum Gasteiger partial charge on any atom is -0.457 e. The van der Waals surface area contributed by atoms with Crippen LogP contribution in [0.15, 0.2) is 291 Å². The molecule has 0 unspecified atom stereocenters. The molecule has 0 saturated heterocycles. The van der Waals surface area contributed by atoms with Crippen molar-refractivity contribution in [3.63, 3.8) is 0 Å². The molecular formula is C102H54N24O3. The summed E-state index contributed by atoms with van der Waals surface area (Å²) in [5.74, 6) is 7.97. The molecule has 0 saturated carbocycles. The first-order valence-corrected chi connectivity index (χ1v) is 41.7. The maximum atomic E-state index is 7.17. The van der Waals surface area contributed by atoms with Gasteiger partial charge < -0.3 is 44.1 Å². The van der Waals surface area contributed by atoms with E-state index in [2.05, 4.69) is 29.9 Å². The Bertz CT molecular complexity index is 8520.